The van der Waals surface area contributed by atoms with Crippen molar-refractivity contribution in [2.75, 3.05) is 43.9 Å². The van der Waals surface area contributed by atoms with E-state index in [0.717, 1.165) is 43.5 Å². The van der Waals surface area contributed by atoms with Crippen LogP contribution >= 0.6 is 0 Å². The summed E-state index contributed by atoms with van der Waals surface area (Å²) in [6.45, 7) is 3.64. The van der Waals surface area contributed by atoms with Gasteiger partial charge in [0.15, 0.2) is 0 Å². The number of anilines is 2. The van der Waals surface area contributed by atoms with Crippen LogP contribution in [-0.4, -0.2) is 60.4 Å². The van der Waals surface area contributed by atoms with Crippen LogP contribution in [0.5, 0.6) is 6.01 Å². The SMILES string of the molecule is COc1nc2c(c(N3CC4CCC(C4)C3)n1)COC(c1cc(N)cc(F)c1C(F)(F)F)C2.FC1CC2CCCN2C1. The number of nitrogens with two attached hydrogens (primary N) is 1. The monoisotopic (exact) mass is 581 g/mol. The minimum absolute atomic E-state index is 0.0267. The van der Waals surface area contributed by atoms with Crippen molar-refractivity contribution >= 4 is 11.5 Å². The first kappa shape index (κ1) is 28.4. The lowest BCUT2D eigenvalue weighted by Crippen LogP contribution is -2.38. The first-order valence-corrected chi connectivity index (χ1v) is 14.4. The van der Waals surface area contributed by atoms with Crippen LogP contribution in [0.25, 0.3) is 0 Å². The molecule has 4 fully saturated rings. The van der Waals surface area contributed by atoms with Gasteiger partial charge in [-0.15, -0.1) is 0 Å². The molecule has 7 nitrogen and oxygen atoms in total. The number of piperidine rings is 1. The van der Waals surface area contributed by atoms with E-state index < -0.39 is 29.8 Å². The zero-order valence-corrected chi connectivity index (χ0v) is 23.1. The summed E-state index contributed by atoms with van der Waals surface area (Å²) in [4.78, 5) is 13.5. The molecule has 3 saturated heterocycles. The highest BCUT2D eigenvalue weighted by Crippen LogP contribution is 2.44. The molecule has 2 bridgehead atoms. The highest BCUT2D eigenvalue weighted by molar-refractivity contribution is 5.53. The van der Waals surface area contributed by atoms with Gasteiger partial charge < -0.3 is 20.1 Å². The van der Waals surface area contributed by atoms with Gasteiger partial charge in [0.25, 0.3) is 0 Å². The number of methoxy groups -OCH3 is 1. The number of rotatable bonds is 3. The molecule has 41 heavy (non-hydrogen) atoms. The van der Waals surface area contributed by atoms with Crippen molar-refractivity contribution in [3.63, 3.8) is 0 Å². The lowest BCUT2D eigenvalue weighted by Gasteiger charge is -2.36. The molecule has 2 aromatic rings. The highest BCUT2D eigenvalue weighted by Gasteiger charge is 2.41. The lowest BCUT2D eigenvalue weighted by atomic mass is 9.93. The van der Waals surface area contributed by atoms with Crippen molar-refractivity contribution in [2.24, 2.45) is 11.8 Å². The van der Waals surface area contributed by atoms with E-state index in [1.54, 1.807) is 0 Å². The van der Waals surface area contributed by atoms with E-state index in [9.17, 15) is 22.0 Å². The van der Waals surface area contributed by atoms with Crippen LogP contribution in [0.4, 0.5) is 33.5 Å². The second kappa shape index (κ2) is 11.2. The Morgan fingerprint density at radius 1 is 1.05 bits per heavy atom. The average Bonchev–Trinajstić information content (AvgIpc) is 3.60. The van der Waals surface area contributed by atoms with E-state index in [1.165, 1.54) is 39.2 Å². The number of benzene rings is 1. The van der Waals surface area contributed by atoms with Crippen molar-refractivity contribution in [3.05, 3.63) is 40.3 Å². The molecule has 5 atom stereocenters. The van der Waals surface area contributed by atoms with Crippen LogP contribution in [0.2, 0.25) is 0 Å². The van der Waals surface area contributed by atoms with Gasteiger partial charge in [-0.25, -0.2) is 8.78 Å². The van der Waals surface area contributed by atoms with Crippen molar-refractivity contribution in [1.29, 1.82) is 0 Å². The van der Waals surface area contributed by atoms with E-state index in [1.807, 2.05) is 0 Å². The van der Waals surface area contributed by atoms with Crippen LogP contribution in [-0.2, 0) is 23.9 Å². The summed E-state index contributed by atoms with van der Waals surface area (Å²) in [5, 5.41) is 0. The number of aromatic nitrogens is 2. The van der Waals surface area contributed by atoms with Crippen LogP contribution < -0.4 is 15.4 Å². The molecule has 12 heteroatoms. The van der Waals surface area contributed by atoms with Gasteiger partial charge in [0.05, 0.1) is 31.1 Å². The molecule has 7 rings (SSSR count). The van der Waals surface area contributed by atoms with Crippen LogP contribution in [0.15, 0.2) is 12.1 Å². The maximum Gasteiger partial charge on any atom is 0.419 e. The van der Waals surface area contributed by atoms with Crippen LogP contribution in [0.3, 0.4) is 0 Å². The molecule has 1 aliphatic carbocycles. The lowest BCUT2D eigenvalue weighted by molar-refractivity contribution is -0.142. The second-order valence-electron chi connectivity index (χ2n) is 12.0. The Labute approximate surface area is 236 Å². The summed E-state index contributed by atoms with van der Waals surface area (Å²) in [6.07, 6.45) is 0.555. The van der Waals surface area contributed by atoms with Gasteiger partial charge in [0.2, 0.25) is 0 Å². The van der Waals surface area contributed by atoms with Gasteiger partial charge in [-0.05, 0) is 74.6 Å². The molecule has 0 spiro atoms. The Bertz CT molecular complexity index is 1250. The fraction of sp³-hybridized carbons (Fsp3) is 0.655. The smallest absolute Gasteiger partial charge is 0.419 e. The maximum atomic E-state index is 14.3. The number of hydrogen-bond acceptors (Lipinski definition) is 7. The number of nitrogen functional groups attached to an aromatic ring is 1. The van der Waals surface area contributed by atoms with Crippen molar-refractivity contribution in [3.8, 4) is 6.01 Å². The fourth-order valence-electron chi connectivity index (χ4n) is 7.39. The number of alkyl halides is 4. The first-order chi connectivity index (χ1) is 19.6. The van der Waals surface area contributed by atoms with Gasteiger partial charge in [0, 0.05) is 43.3 Å². The summed E-state index contributed by atoms with van der Waals surface area (Å²) < 4.78 is 78.8. The molecule has 5 unspecified atom stereocenters. The molecular formula is C29H36F5N5O2. The molecule has 5 aliphatic rings. The van der Waals surface area contributed by atoms with E-state index in [0.29, 0.717) is 36.2 Å². The van der Waals surface area contributed by atoms with Gasteiger partial charge in [-0.2, -0.15) is 23.1 Å². The van der Waals surface area contributed by atoms with Crippen LogP contribution in [0, 0.1) is 17.7 Å². The highest BCUT2D eigenvalue weighted by atomic mass is 19.4. The van der Waals surface area contributed by atoms with Gasteiger partial charge in [0.1, 0.15) is 17.8 Å². The molecule has 224 valence electrons. The third-order valence-corrected chi connectivity index (χ3v) is 9.18. The molecule has 4 aliphatic heterocycles. The number of halogens is 5. The normalized spacial score (nSPS) is 29.1. The standard InChI is InChI=1S/C22H24F4N4O2.C7H12FN/c1-31-21-28-17-7-18(14-5-13(27)6-16(23)19(14)22(24,25)26)32-10-15(17)20(29-21)30-8-11-2-3-12(4-11)9-30;8-6-4-7-2-1-3-9(7)5-6/h5-6,11-12,18H,2-4,7-10,27H2,1H3;6-7H,1-5H2. The fourth-order valence-corrected chi connectivity index (χ4v) is 7.39. The quantitative estimate of drug-likeness (QED) is 0.381. The van der Waals surface area contributed by atoms with E-state index >= 15 is 0 Å². The zero-order valence-electron chi connectivity index (χ0n) is 23.1. The average molecular weight is 582 g/mol. The van der Waals surface area contributed by atoms with Gasteiger partial charge in [-0.3, -0.25) is 4.90 Å². The van der Waals surface area contributed by atoms with E-state index in [4.69, 9.17) is 15.2 Å². The third kappa shape index (κ3) is 5.82. The largest absolute Gasteiger partial charge is 0.467 e. The molecule has 1 saturated carbocycles. The van der Waals surface area contributed by atoms with Gasteiger partial charge in [-0.1, -0.05) is 0 Å². The summed E-state index contributed by atoms with van der Waals surface area (Å²) in [5.74, 6) is 0.544. The Morgan fingerprint density at radius 2 is 1.80 bits per heavy atom. The van der Waals surface area contributed by atoms with Gasteiger partial charge >= 0.3 is 12.2 Å². The minimum Gasteiger partial charge on any atom is -0.467 e. The van der Waals surface area contributed by atoms with Crippen molar-refractivity contribution in [1.82, 2.24) is 14.9 Å². The minimum atomic E-state index is -4.88. The third-order valence-electron chi connectivity index (χ3n) is 9.18. The number of ether oxygens (including phenoxy) is 2. The molecule has 5 heterocycles. The molecule has 0 radical (unpaired) electrons. The van der Waals surface area contributed by atoms with E-state index in [2.05, 4.69) is 19.8 Å². The molecule has 1 aromatic heterocycles. The molecule has 1 aromatic carbocycles. The molecule has 0 amide bonds. The predicted molar refractivity (Wildman–Crippen MR) is 143 cm³/mol. The summed E-state index contributed by atoms with van der Waals surface area (Å²) in [6, 6.07) is 2.58. The van der Waals surface area contributed by atoms with E-state index in [-0.39, 0.29) is 30.3 Å². The molecule has 2 N–H and O–H groups in total. The summed E-state index contributed by atoms with van der Waals surface area (Å²) in [5.41, 5.74) is 5.19. The Morgan fingerprint density at radius 3 is 2.49 bits per heavy atom. The number of nitrogens with zero attached hydrogens (tertiary/aromatic N) is 4. The van der Waals surface area contributed by atoms with Crippen molar-refractivity contribution in [2.45, 2.75) is 76.0 Å². The Kier molecular flexibility index (Phi) is 7.73. The molecular weight excluding hydrogens is 545 g/mol. The maximum absolute atomic E-state index is 14.3. The van der Waals surface area contributed by atoms with Crippen molar-refractivity contribution < 1.29 is 31.4 Å². The number of fused-ring (bicyclic) bond motifs is 4. The Balaban J connectivity index is 0.000000283. The Hall–Kier alpha value is -2.73. The first-order valence-electron chi connectivity index (χ1n) is 14.4. The van der Waals surface area contributed by atoms with Crippen LogP contribution in [0.1, 0.15) is 67.0 Å². The summed E-state index contributed by atoms with van der Waals surface area (Å²) >= 11 is 0. The predicted octanol–water partition coefficient (Wildman–Crippen LogP) is 5.47. The topological polar surface area (TPSA) is 76.7 Å². The zero-order chi connectivity index (χ0) is 28.9. The number of hydrogen-bond donors (Lipinski definition) is 1. The summed E-state index contributed by atoms with van der Waals surface area (Å²) in [7, 11) is 1.46. The second-order valence-corrected chi connectivity index (χ2v) is 12.0.